The van der Waals surface area contributed by atoms with E-state index in [9.17, 15) is 50.4 Å². The molecule has 10 rings (SSSR count). The molecule has 3 amide bonds. The fourth-order valence-corrected chi connectivity index (χ4v) is 11.6. The molecule has 2 N–H and O–H groups in total. The van der Waals surface area contributed by atoms with E-state index < -0.39 is 80.1 Å². The second-order valence-electron chi connectivity index (χ2n) is 18.6. The normalized spacial score (nSPS) is 20.5. The summed E-state index contributed by atoms with van der Waals surface area (Å²) in [6.45, 7) is 4.41. The number of benzene rings is 4. The maximum absolute atomic E-state index is 15.2. The molecule has 1 unspecified atom stereocenters. The first-order valence-corrected chi connectivity index (χ1v) is 24.9. The maximum atomic E-state index is 15.2. The zero-order valence-electron chi connectivity index (χ0n) is 38.5. The Morgan fingerprint density at radius 2 is 1.57 bits per heavy atom. The van der Waals surface area contributed by atoms with Gasteiger partial charge in [0.2, 0.25) is 11.8 Å². The molecule has 0 radical (unpaired) electrons. The molecule has 0 bridgehead atoms. The van der Waals surface area contributed by atoms with Crippen molar-refractivity contribution in [3.05, 3.63) is 111 Å². The van der Waals surface area contributed by atoms with Gasteiger partial charge in [-0.25, -0.2) is 13.8 Å². The number of imide groups is 1. The molecule has 4 aromatic carbocycles. The van der Waals surface area contributed by atoms with Crippen molar-refractivity contribution >= 4 is 55.9 Å². The Hall–Kier alpha value is -7.16. The van der Waals surface area contributed by atoms with Gasteiger partial charge in [0.05, 0.1) is 33.4 Å². The smallest absolute Gasteiger partial charge is 0.417 e. The van der Waals surface area contributed by atoms with Crippen molar-refractivity contribution < 1.29 is 49.5 Å². The van der Waals surface area contributed by atoms with Crippen molar-refractivity contribution in [3.8, 4) is 23.3 Å². The molecule has 4 saturated heterocycles. The number of alkyl halides is 4. The number of carbonyl (C=O) groups excluding carboxylic acids is 3. The van der Waals surface area contributed by atoms with Crippen LogP contribution in [0.5, 0.6) is 11.5 Å². The minimum Gasteiger partial charge on any atom is -0.453 e. The molecule has 23 heteroatoms. The summed E-state index contributed by atoms with van der Waals surface area (Å²) in [4.78, 5) is 63.6. The van der Waals surface area contributed by atoms with Gasteiger partial charge in [-0.1, -0.05) is 0 Å². The molecule has 2 atom stereocenters. The van der Waals surface area contributed by atoms with E-state index in [1.165, 1.54) is 29.1 Å². The third-order valence-electron chi connectivity index (χ3n) is 14.1. The monoisotopic (exact) mass is 1010 g/mol. The summed E-state index contributed by atoms with van der Waals surface area (Å²) in [7, 11) is -4.27. The van der Waals surface area contributed by atoms with Crippen LogP contribution in [0.3, 0.4) is 0 Å². The van der Waals surface area contributed by atoms with E-state index in [-0.39, 0.29) is 61.3 Å². The molecule has 0 aliphatic carbocycles. The number of hydrogen-bond donors (Lipinski definition) is 2. The third-order valence-corrected chi connectivity index (χ3v) is 15.6. The Morgan fingerprint density at radius 1 is 0.847 bits per heavy atom. The summed E-state index contributed by atoms with van der Waals surface area (Å²) in [5.74, 6) is -3.25. The fourth-order valence-electron chi connectivity index (χ4n) is 10.3. The van der Waals surface area contributed by atoms with E-state index in [4.69, 9.17) is 4.74 Å². The van der Waals surface area contributed by atoms with Gasteiger partial charge in [0, 0.05) is 83.2 Å². The maximum Gasteiger partial charge on any atom is 0.417 e. The van der Waals surface area contributed by atoms with Crippen LogP contribution < -0.4 is 30.1 Å². The standard InChI is InChI=1S/C49H47F5N10O7S/c50-31-13-16-62(27-31)72(69,70)58-41-8-6-39(51)45(37(41)24-55)71-35-5-7-40-36(23-35)47(67)64(28-56-40)33-3-1-32(2-4-33)61-19-17-59(18-20-61)25-29-11-14-60(15-12-29)34-21-30-26-63(42-9-10-43(65)57-46(42)66)48(68)44(30)38(22-34)49(52,53)54/h1-8,21-23,28-29,31,42,58H,9-20,25-27H2,(H,57,65,66)/t31-,42?/m1/s1. The zero-order chi connectivity index (χ0) is 50.6. The van der Waals surface area contributed by atoms with Gasteiger partial charge < -0.3 is 19.4 Å². The highest BCUT2D eigenvalue weighted by atomic mass is 32.2. The second kappa shape index (κ2) is 19.1. The van der Waals surface area contributed by atoms with Gasteiger partial charge in [-0.05, 0) is 104 Å². The summed E-state index contributed by atoms with van der Waals surface area (Å²) in [5.41, 5.74) is -0.230. The lowest BCUT2D eigenvalue weighted by molar-refractivity contribution is -0.138. The van der Waals surface area contributed by atoms with Gasteiger partial charge in [-0.2, -0.15) is 31.2 Å². The quantitative estimate of drug-likeness (QED) is 0.121. The van der Waals surface area contributed by atoms with Crippen LogP contribution in [0, 0.1) is 23.1 Å². The van der Waals surface area contributed by atoms with Crippen molar-refractivity contribution in [2.24, 2.45) is 5.92 Å². The molecule has 17 nitrogen and oxygen atoms in total. The molecule has 5 aliphatic heterocycles. The van der Waals surface area contributed by atoms with Crippen LogP contribution in [0.4, 0.5) is 39.0 Å². The van der Waals surface area contributed by atoms with Gasteiger partial charge in [0.25, 0.3) is 11.5 Å². The van der Waals surface area contributed by atoms with E-state index >= 15 is 4.39 Å². The van der Waals surface area contributed by atoms with E-state index in [1.807, 2.05) is 17.0 Å². The van der Waals surface area contributed by atoms with Gasteiger partial charge in [0.1, 0.15) is 35.9 Å². The first kappa shape index (κ1) is 48.5. The van der Waals surface area contributed by atoms with E-state index in [0.717, 1.165) is 78.7 Å². The number of hydrogen-bond acceptors (Lipinski definition) is 12. The third kappa shape index (κ3) is 9.52. The molecular weight excluding hydrogens is 968 g/mol. The Morgan fingerprint density at radius 3 is 2.25 bits per heavy atom. The van der Waals surface area contributed by atoms with E-state index in [1.54, 1.807) is 24.3 Å². The highest BCUT2D eigenvalue weighted by molar-refractivity contribution is 7.90. The molecule has 6 heterocycles. The van der Waals surface area contributed by atoms with Crippen LogP contribution in [0.15, 0.2) is 77.9 Å². The minimum absolute atomic E-state index is 0.00307. The zero-order valence-corrected chi connectivity index (χ0v) is 39.3. The van der Waals surface area contributed by atoms with Gasteiger partial charge >= 0.3 is 16.4 Å². The van der Waals surface area contributed by atoms with Crippen molar-refractivity contribution in [1.29, 1.82) is 5.26 Å². The summed E-state index contributed by atoms with van der Waals surface area (Å²) >= 11 is 0. The van der Waals surface area contributed by atoms with Crippen molar-refractivity contribution in [1.82, 2.24) is 29.0 Å². The summed E-state index contributed by atoms with van der Waals surface area (Å²) < 4.78 is 108. The average molecular weight is 1020 g/mol. The number of ether oxygens (including phenoxy) is 1. The second-order valence-corrected chi connectivity index (χ2v) is 20.3. The molecule has 376 valence electrons. The number of halogens is 5. The Kier molecular flexibility index (Phi) is 12.9. The van der Waals surface area contributed by atoms with Gasteiger partial charge in [0.15, 0.2) is 11.6 Å². The Balaban J connectivity index is 0.749. The van der Waals surface area contributed by atoms with Crippen LogP contribution in [-0.4, -0.2) is 121 Å². The summed E-state index contributed by atoms with van der Waals surface area (Å²) in [5, 5.41) is 12.3. The van der Waals surface area contributed by atoms with Crippen LogP contribution >= 0.6 is 0 Å². The number of amides is 3. The minimum atomic E-state index is -4.79. The summed E-state index contributed by atoms with van der Waals surface area (Å²) in [6, 6.07) is 17.1. The molecule has 5 aromatic rings. The molecule has 0 saturated carbocycles. The van der Waals surface area contributed by atoms with Crippen molar-refractivity contribution in [2.45, 2.75) is 57.0 Å². The molecule has 4 fully saturated rings. The number of fused-ring (bicyclic) bond motifs is 2. The molecule has 72 heavy (non-hydrogen) atoms. The van der Waals surface area contributed by atoms with Crippen molar-refractivity contribution in [3.63, 3.8) is 0 Å². The average Bonchev–Trinajstić information content (AvgIpc) is 3.95. The molecule has 1 aromatic heterocycles. The van der Waals surface area contributed by atoms with Crippen LogP contribution in [0.1, 0.15) is 59.2 Å². The number of rotatable bonds is 11. The topological polar surface area (TPSA) is 194 Å². The molecule has 5 aliphatic rings. The number of aromatic nitrogens is 2. The number of nitrogens with one attached hydrogen (secondary N) is 2. The van der Waals surface area contributed by atoms with E-state index in [2.05, 4.69) is 24.8 Å². The molecule has 0 spiro atoms. The molecular formula is C49H47F5N10O7S. The van der Waals surface area contributed by atoms with Gasteiger partial charge in [-0.3, -0.25) is 38.7 Å². The van der Waals surface area contributed by atoms with Crippen molar-refractivity contribution in [2.75, 3.05) is 73.4 Å². The Labute approximate surface area is 409 Å². The van der Waals surface area contributed by atoms with E-state index in [0.29, 0.717) is 35.9 Å². The predicted octanol–water partition coefficient (Wildman–Crippen LogP) is 5.71. The first-order valence-electron chi connectivity index (χ1n) is 23.5. The number of piperazine rings is 1. The lowest BCUT2D eigenvalue weighted by Crippen LogP contribution is -2.52. The summed E-state index contributed by atoms with van der Waals surface area (Å²) in [6.07, 6.45) is -3.12. The number of nitrogens with zero attached hydrogens (tertiary/aromatic N) is 8. The highest BCUT2D eigenvalue weighted by Crippen LogP contribution is 2.42. The lowest BCUT2D eigenvalue weighted by Gasteiger charge is -2.40. The Bertz CT molecular complexity index is 3210. The van der Waals surface area contributed by atoms with Gasteiger partial charge in [-0.15, -0.1) is 0 Å². The number of carbonyl (C=O) groups is 3. The van der Waals surface area contributed by atoms with Crippen LogP contribution in [-0.2, 0) is 32.5 Å². The number of anilines is 3. The number of nitriles is 1. The first-order chi connectivity index (χ1) is 34.4. The van der Waals surface area contributed by atoms with Crippen LogP contribution in [0.2, 0.25) is 0 Å². The largest absolute Gasteiger partial charge is 0.453 e. The lowest BCUT2D eigenvalue weighted by atomic mass is 9.94. The SMILES string of the molecule is N#Cc1c(NS(=O)(=O)N2CC[C@@H](F)C2)ccc(F)c1Oc1ccc2ncn(-c3ccc(N4CCN(CC5CCN(c6cc7c(c(C(F)(F)F)c6)C(=O)N(C6CCC(=O)NC6=O)C7)CC5)CC4)cc3)c(=O)c2c1. The fraction of sp³-hybridized carbons (Fsp3) is 0.388. The number of piperidine rings is 2. The van der Waals surface area contributed by atoms with Crippen LogP contribution in [0.25, 0.3) is 16.6 Å². The predicted molar refractivity (Wildman–Crippen MR) is 253 cm³/mol. The highest BCUT2D eigenvalue weighted by Gasteiger charge is 2.46.